The molecule has 0 aliphatic heterocycles. The van der Waals surface area contributed by atoms with E-state index in [0.717, 1.165) is 26.1 Å². The first-order chi connectivity index (χ1) is 12.7. The Morgan fingerprint density at radius 1 is 0.654 bits per heavy atom. The first-order valence-electron chi connectivity index (χ1n) is 11.6. The third-order valence-corrected chi connectivity index (χ3v) is 5.30. The lowest BCUT2D eigenvalue weighted by atomic mass is 10.0. The maximum absolute atomic E-state index is 11.7. The van der Waals surface area contributed by atoms with Gasteiger partial charge in [0.2, 0.25) is 0 Å². The summed E-state index contributed by atoms with van der Waals surface area (Å²) in [7, 11) is 0. The van der Waals surface area contributed by atoms with E-state index in [1.807, 2.05) is 0 Å². The summed E-state index contributed by atoms with van der Waals surface area (Å²) < 4.78 is 5.31. The Bertz CT molecular complexity index is 290. The number of ether oxygens (including phenoxy) is 1. The summed E-state index contributed by atoms with van der Waals surface area (Å²) in [6.45, 7) is 10.00. The molecule has 0 bridgehead atoms. The van der Waals surface area contributed by atoms with Crippen molar-refractivity contribution < 1.29 is 9.53 Å². The molecule has 0 aliphatic rings. The van der Waals surface area contributed by atoms with Crippen molar-refractivity contribution in [1.29, 1.82) is 0 Å². The molecule has 0 N–H and O–H groups in total. The Morgan fingerprint density at radius 3 is 1.50 bits per heavy atom. The molecule has 26 heavy (non-hydrogen) atoms. The number of hydrogen-bond donors (Lipinski definition) is 0. The summed E-state index contributed by atoms with van der Waals surface area (Å²) in [4.78, 5) is 14.0. The van der Waals surface area contributed by atoms with Gasteiger partial charge in [-0.2, -0.15) is 0 Å². The van der Waals surface area contributed by atoms with E-state index < -0.39 is 0 Å². The van der Waals surface area contributed by atoms with Gasteiger partial charge in [0.05, 0.1) is 0 Å². The number of unbranched alkanes of at least 4 members (excludes halogenated alkanes) is 13. The van der Waals surface area contributed by atoms with E-state index in [-0.39, 0.29) is 5.97 Å². The second-order valence-corrected chi connectivity index (χ2v) is 7.59. The fourth-order valence-electron chi connectivity index (χ4n) is 3.36. The van der Waals surface area contributed by atoms with Gasteiger partial charge in [0, 0.05) is 13.0 Å². The van der Waals surface area contributed by atoms with E-state index in [0.29, 0.717) is 13.0 Å². The van der Waals surface area contributed by atoms with Crippen molar-refractivity contribution in [3.8, 4) is 0 Å². The van der Waals surface area contributed by atoms with Crippen molar-refractivity contribution in [3.05, 3.63) is 0 Å². The van der Waals surface area contributed by atoms with Crippen LogP contribution < -0.4 is 0 Å². The molecule has 156 valence electrons. The van der Waals surface area contributed by atoms with E-state index in [9.17, 15) is 4.79 Å². The lowest BCUT2D eigenvalue weighted by Crippen LogP contribution is -2.27. The molecule has 3 heteroatoms. The molecule has 0 amide bonds. The number of carbonyl (C=O) groups is 1. The second-order valence-electron chi connectivity index (χ2n) is 7.59. The third-order valence-electron chi connectivity index (χ3n) is 5.30. The molecule has 0 radical (unpaired) electrons. The molecule has 0 aromatic heterocycles. The summed E-state index contributed by atoms with van der Waals surface area (Å²) in [5.74, 6) is -0.0175. The van der Waals surface area contributed by atoms with Crippen LogP contribution in [0.4, 0.5) is 0 Å². The van der Waals surface area contributed by atoms with E-state index in [1.54, 1.807) is 0 Å². The van der Waals surface area contributed by atoms with Crippen molar-refractivity contribution >= 4 is 5.97 Å². The Kier molecular flexibility index (Phi) is 20.3. The van der Waals surface area contributed by atoms with E-state index in [1.165, 1.54) is 83.5 Å². The van der Waals surface area contributed by atoms with Crippen molar-refractivity contribution in [1.82, 2.24) is 4.90 Å². The Balaban J connectivity index is 3.20. The number of rotatable bonds is 20. The molecular formula is C23H47NO2. The quantitative estimate of drug-likeness (QED) is 0.176. The molecule has 0 spiro atoms. The van der Waals surface area contributed by atoms with Crippen molar-refractivity contribution in [2.24, 2.45) is 0 Å². The molecule has 0 fully saturated rings. The van der Waals surface area contributed by atoms with Gasteiger partial charge in [-0.3, -0.25) is 4.79 Å². The Morgan fingerprint density at radius 2 is 1.08 bits per heavy atom. The van der Waals surface area contributed by atoms with Crippen LogP contribution in [0.25, 0.3) is 0 Å². The van der Waals surface area contributed by atoms with E-state index in [2.05, 4.69) is 25.7 Å². The minimum atomic E-state index is -0.0175. The predicted octanol–water partition coefficient (Wildman–Crippen LogP) is 6.74. The average Bonchev–Trinajstić information content (AvgIpc) is 2.65. The number of carbonyl (C=O) groups excluding carboxylic acids is 1. The van der Waals surface area contributed by atoms with Crippen LogP contribution in [0.3, 0.4) is 0 Å². The fourth-order valence-corrected chi connectivity index (χ4v) is 3.36. The zero-order valence-electron chi connectivity index (χ0n) is 18.2. The third kappa shape index (κ3) is 18.2. The van der Waals surface area contributed by atoms with Crippen LogP contribution >= 0.6 is 0 Å². The first kappa shape index (κ1) is 25.4. The summed E-state index contributed by atoms with van der Waals surface area (Å²) in [5.41, 5.74) is 0. The van der Waals surface area contributed by atoms with Crippen molar-refractivity contribution in [2.75, 3.05) is 26.2 Å². The van der Waals surface area contributed by atoms with Gasteiger partial charge >= 0.3 is 5.97 Å². The number of esters is 1. The van der Waals surface area contributed by atoms with Crippen LogP contribution in [0.2, 0.25) is 0 Å². The minimum Gasteiger partial charge on any atom is -0.464 e. The highest BCUT2D eigenvalue weighted by molar-refractivity contribution is 5.69. The highest BCUT2D eigenvalue weighted by Gasteiger charge is 2.04. The van der Waals surface area contributed by atoms with Gasteiger partial charge in [-0.05, 0) is 19.5 Å². The van der Waals surface area contributed by atoms with Gasteiger partial charge in [0.25, 0.3) is 0 Å². The molecule has 0 saturated carbocycles. The van der Waals surface area contributed by atoms with E-state index >= 15 is 0 Å². The van der Waals surface area contributed by atoms with Crippen LogP contribution in [0.5, 0.6) is 0 Å². The van der Waals surface area contributed by atoms with Crippen molar-refractivity contribution in [2.45, 2.75) is 117 Å². The minimum absolute atomic E-state index is 0.0175. The Labute approximate surface area is 164 Å². The van der Waals surface area contributed by atoms with E-state index in [4.69, 9.17) is 4.74 Å². The van der Waals surface area contributed by atoms with Crippen LogP contribution in [0, 0.1) is 0 Å². The zero-order valence-corrected chi connectivity index (χ0v) is 18.2. The van der Waals surface area contributed by atoms with Gasteiger partial charge < -0.3 is 9.64 Å². The first-order valence-corrected chi connectivity index (χ1v) is 11.6. The molecule has 0 unspecified atom stereocenters. The highest BCUT2D eigenvalue weighted by Crippen LogP contribution is 2.13. The predicted molar refractivity (Wildman–Crippen MR) is 114 cm³/mol. The van der Waals surface area contributed by atoms with Gasteiger partial charge in [-0.25, -0.2) is 0 Å². The normalized spacial score (nSPS) is 11.2. The van der Waals surface area contributed by atoms with Crippen molar-refractivity contribution in [3.63, 3.8) is 0 Å². The molecule has 0 aromatic carbocycles. The molecule has 0 heterocycles. The largest absolute Gasteiger partial charge is 0.464 e. The van der Waals surface area contributed by atoms with Crippen LogP contribution in [0.1, 0.15) is 117 Å². The maximum atomic E-state index is 11.7. The van der Waals surface area contributed by atoms with Gasteiger partial charge in [0.1, 0.15) is 6.61 Å². The average molecular weight is 370 g/mol. The lowest BCUT2D eigenvalue weighted by Gasteiger charge is -2.17. The maximum Gasteiger partial charge on any atom is 0.305 e. The fraction of sp³-hybridized carbons (Fsp3) is 0.957. The zero-order chi connectivity index (χ0) is 19.3. The standard InChI is InChI=1S/C23H47NO2/c1-4-7-8-9-10-11-12-13-14-15-16-17-18-19-20-23(25)26-22-21-24(5-2)6-3/h4-22H2,1-3H3. The number of nitrogens with zero attached hydrogens (tertiary/aromatic N) is 1. The molecule has 3 nitrogen and oxygen atoms in total. The van der Waals surface area contributed by atoms with Gasteiger partial charge in [-0.1, -0.05) is 104 Å². The lowest BCUT2D eigenvalue weighted by molar-refractivity contribution is -0.144. The molecule has 0 saturated heterocycles. The molecule has 0 aromatic rings. The Hall–Kier alpha value is -0.570. The number of hydrogen-bond acceptors (Lipinski definition) is 3. The topological polar surface area (TPSA) is 29.5 Å². The monoisotopic (exact) mass is 369 g/mol. The van der Waals surface area contributed by atoms with Gasteiger partial charge in [-0.15, -0.1) is 0 Å². The number of likely N-dealkylation sites (N-methyl/N-ethyl adjacent to an activating group) is 1. The molecule has 0 rings (SSSR count). The smallest absolute Gasteiger partial charge is 0.305 e. The molecular weight excluding hydrogens is 322 g/mol. The SMILES string of the molecule is CCCCCCCCCCCCCCCCC(=O)OCCN(CC)CC. The molecule has 0 aliphatic carbocycles. The highest BCUT2D eigenvalue weighted by atomic mass is 16.5. The van der Waals surface area contributed by atoms with Gasteiger partial charge in [0.15, 0.2) is 0 Å². The second kappa shape index (κ2) is 20.7. The van der Waals surface area contributed by atoms with Crippen LogP contribution in [0.15, 0.2) is 0 Å². The summed E-state index contributed by atoms with van der Waals surface area (Å²) in [6, 6.07) is 0. The van der Waals surface area contributed by atoms with Crippen LogP contribution in [-0.4, -0.2) is 37.1 Å². The van der Waals surface area contributed by atoms with Crippen LogP contribution in [-0.2, 0) is 9.53 Å². The summed E-state index contributed by atoms with van der Waals surface area (Å²) in [6.07, 6.45) is 19.4. The summed E-state index contributed by atoms with van der Waals surface area (Å²) >= 11 is 0. The molecule has 0 atom stereocenters. The summed E-state index contributed by atoms with van der Waals surface area (Å²) in [5, 5.41) is 0.